The van der Waals surface area contributed by atoms with Crippen LogP contribution in [-0.2, 0) is 19.3 Å². The van der Waals surface area contributed by atoms with Gasteiger partial charge >= 0.3 is 0 Å². The highest BCUT2D eigenvalue weighted by Gasteiger charge is 2.40. The molecule has 1 aliphatic heterocycles. The van der Waals surface area contributed by atoms with Crippen LogP contribution in [0.4, 0.5) is 20.3 Å². The first kappa shape index (κ1) is 24.0. The third-order valence-electron chi connectivity index (χ3n) is 5.98. The van der Waals surface area contributed by atoms with Crippen LogP contribution in [-0.4, -0.2) is 44.2 Å². The Morgan fingerprint density at radius 1 is 1.06 bits per heavy atom. The van der Waals surface area contributed by atoms with Crippen molar-refractivity contribution in [3.05, 3.63) is 65.9 Å². The molecule has 4 rings (SSSR count). The standard InChI is InChI=1S/C24H26F2N4O3S/c1-15-14-33-9-8-30(15)22-13-21(28-23(29-22)16-4-6-19(27)7-5-16)24(2,3)34(31,32)20-11-17(25)10-18(26)12-20/h4-7,10-13,15H,8-9,14,27H2,1-3H3/t15-/m0/s1. The molecule has 0 bridgehead atoms. The molecule has 0 amide bonds. The minimum Gasteiger partial charge on any atom is -0.399 e. The van der Waals surface area contributed by atoms with E-state index in [1.54, 1.807) is 30.3 Å². The van der Waals surface area contributed by atoms with Crippen LogP contribution >= 0.6 is 0 Å². The van der Waals surface area contributed by atoms with E-state index in [4.69, 9.17) is 15.5 Å². The number of rotatable bonds is 5. The van der Waals surface area contributed by atoms with Crippen molar-refractivity contribution in [1.82, 2.24) is 9.97 Å². The Bertz CT molecular complexity index is 1290. The van der Waals surface area contributed by atoms with Crippen LogP contribution in [0.25, 0.3) is 11.4 Å². The minimum absolute atomic E-state index is 0.00722. The monoisotopic (exact) mass is 488 g/mol. The molecule has 7 nitrogen and oxygen atoms in total. The predicted molar refractivity (Wildman–Crippen MR) is 126 cm³/mol. The van der Waals surface area contributed by atoms with E-state index >= 15 is 0 Å². The zero-order chi connectivity index (χ0) is 24.7. The van der Waals surface area contributed by atoms with Crippen molar-refractivity contribution in [2.75, 3.05) is 30.4 Å². The topological polar surface area (TPSA) is 98.4 Å². The Labute approximate surface area is 197 Å². The molecule has 1 saturated heterocycles. The number of benzene rings is 2. The van der Waals surface area contributed by atoms with Gasteiger partial charge in [0.2, 0.25) is 0 Å². The lowest BCUT2D eigenvalue weighted by Gasteiger charge is -2.35. The van der Waals surface area contributed by atoms with Gasteiger partial charge in [0.05, 0.1) is 29.8 Å². The summed E-state index contributed by atoms with van der Waals surface area (Å²) in [7, 11) is -4.24. The number of nitrogens with two attached hydrogens (primary N) is 1. The molecule has 1 aromatic heterocycles. The lowest BCUT2D eigenvalue weighted by atomic mass is 10.1. The summed E-state index contributed by atoms with van der Waals surface area (Å²) in [5.41, 5.74) is 7.24. The summed E-state index contributed by atoms with van der Waals surface area (Å²) < 4.78 is 58.7. The molecule has 2 aromatic carbocycles. The van der Waals surface area contributed by atoms with Gasteiger partial charge in [0.1, 0.15) is 22.2 Å². The van der Waals surface area contributed by atoms with E-state index in [1.807, 2.05) is 11.8 Å². The number of nitrogens with zero attached hydrogens (tertiary/aromatic N) is 3. The SMILES string of the molecule is C[C@H]1COCCN1c1cc(C(C)(C)S(=O)(=O)c2cc(F)cc(F)c2)nc(-c2ccc(N)cc2)n1. The highest BCUT2D eigenvalue weighted by molar-refractivity contribution is 7.92. The Kier molecular flexibility index (Phi) is 6.30. The fourth-order valence-corrected chi connectivity index (χ4v) is 5.34. The number of hydrogen-bond acceptors (Lipinski definition) is 7. The van der Waals surface area contributed by atoms with Crippen LogP contribution in [0.1, 0.15) is 26.5 Å². The summed E-state index contributed by atoms with van der Waals surface area (Å²) in [5.74, 6) is -1.08. The number of nitrogen functional groups attached to an aromatic ring is 1. The lowest BCUT2D eigenvalue weighted by molar-refractivity contribution is 0.0985. The van der Waals surface area contributed by atoms with Crippen LogP contribution < -0.4 is 10.6 Å². The van der Waals surface area contributed by atoms with Gasteiger partial charge in [0.25, 0.3) is 0 Å². The van der Waals surface area contributed by atoms with Gasteiger partial charge in [0.15, 0.2) is 15.7 Å². The third kappa shape index (κ3) is 4.47. The quantitative estimate of drug-likeness (QED) is 0.543. The van der Waals surface area contributed by atoms with Crippen molar-refractivity contribution in [2.45, 2.75) is 36.5 Å². The second kappa shape index (κ2) is 8.92. The zero-order valence-corrected chi connectivity index (χ0v) is 19.9. The second-order valence-corrected chi connectivity index (χ2v) is 11.3. The minimum atomic E-state index is -4.24. The summed E-state index contributed by atoms with van der Waals surface area (Å²) >= 11 is 0. The summed E-state index contributed by atoms with van der Waals surface area (Å²) in [4.78, 5) is 10.9. The number of morpholine rings is 1. The molecule has 1 atom stereocenters. The van der Waals surface area contributed by atoms with Gasteiger partial charge in [-0.05, 0) is 57.2 Å². The zero-order valence-electron chi connectivity index (χ0n) is 19.1. The number of ether oxygens (including phenoxy) is 1. The molecule has 10 heteroatoms. The predicted octanol–water partition coefficient (Wildman–Crippen LogP) is 3.94. The summed E-state index contributed by atoms with van der Waals surface area (Å²) in [6.45, 7) is 6.49. The lowest BCUT2D eigenvalue weighted by Crippen LogP contribution is -2.44. The fraction of sp³-hybridized carbons (Fsp3) is 0.333. The molecule has 0 unspecified atom stereocenters. The van der Waals surface area contributed by atoms with Gasteiger partial charge in [-0.3, -0.25) is 0 Å². The van der Waals surface area contributed by atoms with Crippen molar-refractivity contribution in [3.63, 3.8) is 0 Å². The maximum Gasteiger partial charge on any atom is 0.189 e. The molecule has 1 aliphatic rings. The number of sulfone groups is 1. The molecule has 2 N–H and O–H groups in total. The van der Waals surface area contributed by atoms with Crippen LogP contribution in [0.3, 0.4) is 0 Å². The highest BCUT2D eigenvalue weighted by atomic mass is 32.2. The number of anilines is 2. The van der Waals surface area contributed by atoms with Crippen LogP contribution in [0.5, 0.6) is 0 Å². The fourth-order valence-electron chi connectivity index (χ4n) is 3.83. The van der Waals surface area contributed by atoms with Gasteiger partial charge in [-0.15, -0.1) is 0 Å². The molecule has 0 saturated carbocycles. The molecule has 0 radical (unpaired) electrons. The molecule has 3 aromatic rings. The van der Waals surface area contributed by atoms with Gasteiger partial charge in [0, 0.05) is 29.9 Å². The molecule has 2 heterocycles. The summed E-state index contributed by atoms with van der Waals surface area (Å²) in [6.07, 6.45) is 0. The summed E-state index contributed by atoms with van der Waals surface area (Å²) in [6, 6.07) is 10.8. The molecular weight excluding hydrogens is 462 g/mol. The first-order valence-corrected chi connectivity index (χ1v) is 12.3. The van der Waals surface area contributed by atoms with Gasteiger partial charge < -0.3 is 15.4 Å². The van der Waals surface area contributed by atoms with E-state index in [0.29, 0.717) is 48.7 Å². The van der Waals surface area contributed by atoms with Crippen molar-refractivity contribution in [2.24, 2.45) is 0 Å². The van der Waals surface area contributed by atoms with E-state index in [2.05, 4.69) is 4.98 Å². The van der Waals surface area contributed by atoms with Gasteiger partial charge in [-0.25, -0.2) is 27.2 Å². The maximum atomic E-state index is 13.9. The molecular formula is C24H26F2N4O3S. The normalized spacial score (nSPS) is 17.1. The smallest absolute Gasteiger partial charge is 0.189 e. The first-order chi connectivity index (χ1) is 16.0. The van der Waals surface area contributed by atoms with Crippen LogP contribution in [0.15, 0.2) is 53.4 Å². The van der Waals surface area contributed by atoms with Crippen molar-refractivity contribution >= 4 is 21.3 Å². The number of halogens is 2. The molecule has 34 heavy (non-hydrogen) atoms. The Morgan fingerprint density at radius 3 is 2.32 bits per heavy atom. The highest BCUT2D eigenvalue weighted by Crippen LogP contribution is 2.37. The van der Waals surface area contributed by atoms with E-state index in [9.17, 15) is 17.2 Å². The molecule has 0 spiro atoms. The summed E-state index contributed by atoms with van der Waals surface area (Å²) in [5, 5.41) is 0. The molecule has 0 aliphatic carbocycles. The van der Waals surface area contributed by atoms with Crippen LogP contribution in [0.2, 0.25) is 0 Å². The number of hydrogen-bond donors (Lipinski definition) is 1. The second-order valence-electron chi connectivity index (χ2n) is 8.79. The van der Waals surface area contributed by atoms with Crippen LogP contribution in [0, 0.1) is 11.6 Å². The van der Waals surface area contributed by atoms with E-state index in [0.717, 1.165) is 12.1 Å². The molecule has 1 fully saturated rings. The van der Waals surface area contributed by atoms with E-state index < -0.39 is 31.1 Å². The average molecular weight is 489 g/mol. The Hall–Kier alpha value is -3.11. The Balaban J connectivity index is 1.89. The van der Waals surface area contributed by atoms with Crippen molar-refractivity contribution in [3.8, 4) is 11.4 Å². The van der Waals surface area contributed by atoms with Gasteiger partial charge in [-0.1, -0.05) is 0 Å². The maximum absolute atomic E-state index is 13.9. The van der Waals surface area contributed by atoms with Gasteiger partial charge in [-0.2, -0.15) is 0 Å². The average Bonchev–Trinajstić information content (AvgIpc) is 2.79. The largest absolute Gasteiger partial charge is 0.399 e. The van der Waals surface area contributed by atoms with Crippen molar-refractivity contribution < 1.29 is 21.9 Å². The number of aromatic nitrogens is 2. The van der Waals surface area contributed by atoms with E-state index in [1.165, 1.54) is 13.8 Å². The van der Waals surface area contributed by atoms with E-state index in [-0.39, 0.29) is 11.7 Å². The Morgan fingerprint density at radius 2 is 1.71 bits per heavy atom. The first-order valence-electron chi connectivity index (χ1n) is 10.8. The third-order valence-corrected chi connectivity index (χ3v) is 8.39. The molecule has 180 valence electrons. The van der Waals surface area contributed by atoms with Crippen molar-refractivity contribution in [1.29, 1.82) is 0 Å².